The van der Waals surface area contributed by atoms with Crippen molar-refractivity contribution in [1.82, 2.24) is 0 Å². The van der Waals surface area contributed by atoms with Gasteiger partial charge in [-0.3, -0.25) is 0 Å². The molecule has 0 radical (unpaired) electrons. The second kappa shape index (κ2) is 4.80. The molecule has 0 aliphatic heterocycles. The van der Waals surface area contributed by atoms with E-state index in [2.05, 4.69) is 6.92 Å². The number of rotatable bonds is 3. The average molecular weight is 201 g/mol. The molecule has 1 rings (SSSR count). The molecule has 0 aromatic heterocycles. The molecule has 1 fully saturated rings. The number of hydrogen-bond acceptors (Lipinski definition) is 1. The zero-order valence-corrected chi connectivity index (χ0v) is 8.89. The van der Waals surface area contributed by atoms with Crippen LogP contribution in [0.5, 0.6) is 0 Å². The van der Waals surface area contributed by atoms with E-state index in [0.29, 0.717) is 5.92 Å². The molecule has 2 heteroatoms. The lowest BCUT2D eigenvalue weighted by Gasteiger charge is -2.34. The molecule has 0 aromatic carbocycles. The minimum absolute atomic E-state index is 0.108. The van der Waals surface area contributed by atoms with E-state index in [4.69, 9.17) is 11.6 Å². The van der Waals surface area contributed by atoms with Crippen LogP contribution in [0.3, 0.4) is 0 Å². The van der Waals surface area contributed by atoms with Gasteiger partial charge in [0.1, 0.15) is 6.29 Å². The second-order valence-electron chi connectivity index (χ2n) is 4.25. The third kappa shape index (κ3) is 2.84. The lowest BCUT2D eigenvalue weighted by atomic mass is 9.69. The van der Waals surface area contributed by atoms with E-state index in [1.54, 1.807) is 0 Å². The molecule has 1 aliphatic carbocycles. The molecule has 0 amide bonds. The van der Waals surface area contributed by atoms with Crippen LogP contribution in [0.4, 0.5) is 0 Å². The molecular weight excluding hydrogens is 184 g/mol. The van der Waals surface area contributed by atoms with E-state index in [1.165, 1.54) is 18.4 Å². The molecule has 0 aromatic rings. The van der Waals surface area contributed by atoms with Crippen LogP contribution in [-0.4, -0.2) is 6.29 Å². The van der Waals surface area contributed by atoms with Crippen molar-refractivity contribution in [2.24, 2.45) is 11.3 Å². The van der Waals surface area contributed by atoms with E-state index < -0.39 is 0 Å². The Balaban J connectivity index is 2.61. The number of allylic oxidation sites excluding steroid dienone is 1. The van der Waals surface area contributed by atoms with Crippen LogP contribution in [0, 0.1) is 11.3 Å². The van der Waals surface area contributed by atoms with Gasteiger partial charge in [0, 0.05) is 11.0 Å². The number of halogens is 1. The van der Waals surface area contributed by atoms with Crippen LogP contribution in [0.25, 0.3) is 0 Å². The molecule has 1 saturated carbocycles. The summed E-state index contributed by atoms with van der Waals surface area (Å²) in [6.07, 6.45) is 8.34. The maximum Gasteiger partial charge on any atom is 0.126 e. The third-order valence-electron chi connectivity index (χ3n) is 2.99. The Hall–Kier alpha value is -0.300. The lowest BCUT2D eigenvalue weighted by molar-refractivity contribution is -0.118. The fourth-order valence-corrected chi connectivity index (χ4v) is 2.41. The van der Waals surface area contributed by atoms with Crippen LogP contribution >= 0.6 is 11.6 Å². The van der Waals surface area contributed by atoms with Crippen molar-refractivity contribution >= 4 is 17.9 Å². The molecule has 0 spiro atoms. The Labute approximate surface area is 85.2 Å². The summed E-state index contributed by atoms with van der Waals surface area (Å²) in [4.78, 5) is 11.1. The fraction of sp³-hybridized carbons (Fsp3) is 0.727. The number of aldehydes is 1. The first-order valence-corrected chi connectivity index (χ1v) is 5.38. The molecule has 1 aliphatic rings. The predicted octanol–water partition coefficient (Wildman–Crippen LogP) is 3.52. The van der Waals surface area contributed by atoms with E-state index in [0.717, 1.165) is 25.5 Å². The van der Waals surface area contributed by atoms with Crippen molar-refractivity contribution in [3.8, 4) is 0 Å². The Morgan fingerprint density at radius 3 is 2.92 bits per heavy atom. The molecule has 74 valence electrons. The molecule has 0 saturated heterocycles. The van der Waals surface area contributed by atoms with Gasteiger partial charge in [0.25, 0.3) is 0 Å². The SMILES string of the molecule is CC1CCCC(C=O)(C/C=C/Cl)C1. The molecule has 1 nitrogen and oxygen atoms in total. The summed E-state index contributed by atoms with van der Waals surface area (Å²) in [7, 11) is 0. The van der Waals surface area contributed by atoms with Crippen LogP contribution in [0.15, 0.2) is 11.6 Å². The molecular formula is C11H17ClO. The predicted molar refractivity (Wildman–Crippen MR) is 55.7 cm³/mol. The first-order chi connectivity index (χ1) is 6.22. The molecule has 0 N–H and O–H groups in total. The van der Waals surface area contributed by atoms with Gasteiger partial charge in [-0.2, -0.15) is 0 Å². The third-order valence-corrected chi connectivity index (χ3v) is 3.17. The van der Waals surface area contributed by atoms with E-state index in [-0.39, 0.29) is 5.41 Å². The summed E-state index contributed by atoms with van der Waals surface area (Å²) in [5.41, 5.74) is 1.41. The normalized spacial score (nSPS) is 35.1. The van der Waals surface area contributed by atoms with Crippen molar-refractivity contribution in [3.05, 3.63) is 11.6 Å². The van der Waals surface area contributed by atoms with Crippen molar-refractivity contribution in [3.63, 3.8) is 0 Å². The van der Waals surface area contributed by atoms with Crippen molar-refractivity contribution < 1.29 is 4.79 Å². The fourth-order valence-electron chi connectivity index (χ4n) is 2.32. The smallest absolute Gasteiger partial charge is 0.126 e. The summed E-state index contributed by atoms with van der Waals surface area (Å²) in [6, 6.07) is 0. The topological polar surface area (TPSA) is 17.1 Å². The van der Waals surface area contributed by atoms with Gasteiger partial charge in [0.05, 0.1) is 0 Å². The quantitative estimate of drug-likeness (QED) is 0.638. The molecule has 2 unspecified atom stereocenters. The lowest BCUT2D eigenvalue weighted by Crippen LogP contribution is -2.28. The maximum absolute atomic E-state index is 11.1. The molecule has 13 heavy (non-hydrogen) atoms. The highest BCUT2D eigenvalue weighted by atomic mass is 35.5. The molecule has 0 heterocycles. The van der Waals surface area contributed by atoms with Gasteiger partial charge in [-0.25, -0.2) is 0 Å². The Morgan fingerprint density at radius 2 is 2.38 bits per heavy atom. The number of hydrogen-bond donors (Lipinski definition) is 0. The van der Waals surface area contributed by atoms with Gasteiger partial charge >= 0.3 is 0 Å². The first-order valence-electron chi connectivity index (χ1n) is 4.94. The molecule has 0 bridgehead atoms. The highest BCUT2D eigenvalue weighted by Gasteiger charge is 2.33. The minimum atomic E-state index is -0.108. The maximum atomic E-state index is 11.1. The van der Waals surface area contributed by atoms with Crippen LogP contribution in [0.2, 0.25) is 0 Å². The standard InChI is InChI=1S/C11H17ClO/c1-10-4-2-5-11(8-10,9-13)6-3-7-12/h3,7,9-10H,2,4-6,8H2,1H3/b7-3+. The average Bonchev–Trinajstić information content (AvgIpc) is 2.15. The van der Waals surface area contributed by atoms with Crippen LogP contribution in [-0.2, 0) is 4.79 Å². The summed E-state index contributed by atoms with van der Waals surface area (Å²) in [6.45, 7) is 2.22. The van der Waals surface area contributed by atoms with Gasteiger partial charge in [-0.15, -0.1) is 0 Å². The van der Waals surface area contributed by atoms with Crippen molar-refractivity contribution in [2.75, 3.05) is 0 Å². The molecule has 2 atom stereocenters. The van der Waals surface area contributed by atoms with Gasteiger partial charge in [-0.1, -0.05) is 37.4 Å². The summed E-state index contributed by atoms with van der Waals surface area (Å²) >= 11 is 5.48. The van der Waals surface area contributed by atoms with Crippen LogP contribution < -0.4 is 0 Å². The highest BCUT2D eigenvalue weighted by Crippen LogP contribution is 2.40. The largest absolute Gasteiger partial charge is 0.303 e. The number of carbonyl (C=O) groups is 1. The Morgan fingerprint density at radius 1 is 1.62 bits per heavy atom. The minimum Gasteiger partial charge on any atom is -0.303 e. The van der Waals surface area contributed by atoms with Crippen LogP contribution in [0.1, 0.15) is 39.0 Å². The van der Waals surface area contributed by atoms with Crippen molar-refractivity contribution in [2.45, 2.75) is 39.0 Å². The van der Waals surface area contributed by atoms with E-state index in [9.17, 15) is 4.79 Å². The summed E-state index contributed by atoms with van der Waals surface area (Å²) in [5, 5.41) is 0. The monoisotopic (exact) mass is 200 g/mol. The van der Waals surface area contributed by atoms with E-state index >= 15 is 0 Å². The highest BCUT2D eigenvalue weighted by molar-refractivity contribution is 6.25. The number of carbonyl (C=O) groups excluding carboxylic acids is 1. The Bertz CT molecular complexity index is 200. The first kappa shape index (κ1) is 10.8. The zero-order chi connectivity index (χ0) is 9.73. The van der Waals surface area contributed by atoms with Gasteiger partial charge in [0.15, 0.2) is 0 Å². The summed E-state index contributed by atoms with van der Waals surface area (Å²) in [5.74, 6) is 0.683. The zero-order valence-electron chi connectivity index (χ0n) is 8.13. The van der Waals surface area contributed by atoms with E-state index in [1.807, 2.05) is 6.08 Å². The Kier molecular flexibility index (Phi) is 3.98. The summed E-state index contributed by atoms with van der Waals surface area (Å²) < 4.78 is 0. The van der Waals surface area contributed by atoms with Gasteiger partial charge in [-0.05, 0) is 25.2 Å². The van der Waals surface area contributed by atoms with Gasteiger partial charge in [0.2, 0.25) is 0 Å². The van der Waals surface area contributed by atoms with Crippen molar-refractivity contribution in [1.29, 1.82) is 0 Å². The van der Waals surface area contributed by atoms with Gasteiger partial charge < -0.3 is 4.79 Å². The second-order valence-corrected chi connectivity index (χ2v) is 4.50.